The van der Waals surface area contributed by atoms with Crippen LogP contribution in [0.1, 0.15) is 16.1 Å². The highest BCUT2D eigenvalue weighted by Crippen LogP contribution is 2.24. The van der Waals surface area contributed by atoms with Crippen LogP contribution in [-0.2, 0) is 18.0 Å². The normalized spacial score (nSPS) is 10.9. The summed E-state index contributed by atoms with van der Waals surface area (Å²) in [4.78, 5) is 12.3. The van der Waals surface area contributed by atoms with Crippen LogP contribution in [0.2, 0.25) is 10.0 Å². The lowest BCUT2D eigenvalue weighted by Gasteiger charge is -2.05. The molecule has 2 aromatic heterocycles. The van der Waals surface area contributed by atoms with E-state index in [0.29, 0.717) is 26.9 Å². The molecule has 0 fully saturated rings. The van der Waals surface area contributed by atoms with Gasteiger partial charge < -0.3 is 10.1 Å². The lowest BCUT2D eigenvalue weighted by molar-refractivity contribution is 0.101. The van der Waals surface area contributed by atoms with Crippen molar-refractivity contribution in [3.8, 4) is 0 Å². The van der Waals surface area contributed by atoms with Crippen molar-refractivity contribution < 1.29 is 9.53 Å². The van der Waals surface area contributed by atoms with Crippen molar-refractivity contribution in [2.75, 3.05) is 12.4 Å². The minimum absolute atomic E-state index is 0.268. The second kappa shape index (κ2) is 8.22. The summed E-state index contributed by atoms with van der Waals surface area (Å²) in [6.07, 6.45) is 3.42. The average Bonchev–Trinajstić information content (AvgIpc) is 3.18. The molecule has 0 aliphatic rings. The van der Waals surface area contributed by atoms with Gasteiger partial charge in [-0.1, -0.05) is 29.3 Å². The molecule has 0 aliphatic heterocycles. The van der Waals surface area contributed by atoms with Crippen LogP contribution in [0.3, 0.4) is 0 Å². The minimum Gasteiger partial charge on any atom is -0.362 e. The Hall–Kier alpha value is -1.87. The van der Waals surface area contributed by atoms with Gasteiger partial charge in [-0.15, -0.1) is 0 Å². The zero-order valence-corrected chi connectivity index (χ0v) is 16.7. The number of methoxy groups -OCH3 is 1. The van der Waals surface area contributed by atoms with E-state index in [0.717, 1.165) is 5.56 Å². The summed E-state index contributed by atoms with van der Waals surface area (Å²) in [5.74, 6) is 0.0247. The molecule has 26 heavy (non-hydrogen) atoms. The first-order chi connectivity index (χ1) is 12.5. The molecule has 136 valence electrons. The van der Waals surface area contributed by atoms with Crippen LogP contribution < -0.4 is 5.32 Å². The summed E-state index contributed by atoms with van der Waals surface area (Å²) in [7, 11) is 1.55. The second-order valence-electron chi connectivity index (χ2n) is 5.37. The molecule has 1 amide bonds. The van der Waals surface area contributed by atoms with Gasteiger partial charge in [0.2, 0.25) is 0 Å². The molecule has 0 radical (unpaired) electrons. The van der Waals surface area contributed by atoms with Crippen LogP contribution in [0.15, 0.2) is 41.1 Å². The standard InChI is InChI=1S/C16H14BrCl2N5O2/c1-26-9-23-5-4-14(21-23)16(25)20-15-12(17)8-24(22-15)7-10-2-3-11(18)6-13(10)19/h2-6,8H,7,9H2,1H3,(H,20,22,25). The molecule has 0 spiro atoms. The van der Waals surface area contributed by atoms with E-state index >= 15 is 0 Å². The van der Waals surface area contributed by atoms with E-state index < -0.39 is 0 Å². The Labute approximate surface area is 168 Å². The van der Waals surface area contributed by atoms with Gasteiger partial charge in [-0.05, 0) is 39.7 Å². The number of ether oxygens (including phenoxy) is 1. The van der Waals surface area contributed by atoms with Crippen molar-refractivity contribution in [1.29, 1.82) is 0 Å². The van der Waals surface area contributed by atoms with Gasteiger partial charge in [0.05, 0.1) is 11.0 Å². The van der Waals surface area contributed by atoms with E-state index in [-0.39, 0.29) is 18.3 Å². The van der Waals surface area contributed by atoms with Crippen molar-refractivity contribution >= 4 is 50.9 Å². The fraction of sp³-hybridized carbons (Fsp3) is 0.188. The third kappa shape index (κ3) is 4.45. The summed E-state index contributed by atoms with van der Waals surface area (Å²) in [6, 6.07) is 6.88. The van der Waals surface area contributed by atoms with Gasteiger partial charge in [0.15, 0.2) is 11.5 Å². The van der Waals surface area contributed by atoms with Gasteiger partial charge in [-0.2, -0.15) is 10.2 Å². The number of carbonyl (C=O) groups excluding carboxylic acids is 1. The van der Waals surface area contributed by atoms with Gasteiger partial charge in [-0.25, -0.2) is 4.68 Å². The van der Waals surface area contributed by atoms with Gasteiger partial charge in [0.1, 0.15) is 6.73 Å². The number of anilines is 1. The number of benzene rings is 1. The molecule has 10 heteroatoms. The third-order valence-electron chi connectivity index (χ3n) is 3.43. The highest BCUT2D eigenvalue weighted by Gasteiger charge is 2.15. The number of halogens is 3. The van der Waals surface area contributed by atoms with E-state index in [2.05, 4.69) is 31.4 Å². The number of nitrogens with one attached hydrogen (secondary N) is 1. The number of nitrogens with zero attached hydrogens (tertiary/aromatic N) is 4. The van der Waals surface area contributed by atoms with Crippen LogP contribution in [0.25, 0.3) is 0 Å². The van der Waals surface area contributed by atoms with Crippen LogP contribution in [-0.4, -0.2) is 32.6 Å². The number of carbonyl (C=O) groups is 1. The fourth-order valence-electron chi connectivity index (χ4n) is 2.25. The van der Waals surface area contributed by atoms with E-state index in [1.165, 1.54) is 4.68 Å². The number of amides is 1. The molecule has 3 aromatic rings. The first kappa shape index (κ1) is 18.9. The molecule has 7 nitrogen and oxygen atoms in total. The minimum atomic E-state index is -0.365. The van der Waals surface area contributed by atoms with Gasteiger partial charge in [0.25, 0.3) is 5.91 Å². The summed E-state index contributed by atoms with van der Waals surface area (Å²) in [6.45, 7) is 0.709. The topological polar surface area (TPSA) is 74.0 Å². The van der Waals surface area contributed by atoms with Crippen molar-refractivity contribution in [2.24, 2.45) is 0 Å². The highest BCUT2D eigenvalue weighted by molar-refractivity contribution is 9.10. The van der Waals surface area contributed by atoms with Crippen molar-refractivity contribution in [3.63, 3.8) is 0 Å². The van der Waals surface area contributed by atoms with Gasteiger partial charge in [0, 0.05) is 29.5 Å². The zero-order valence-electron chi connectivity index (χ0n) is 13.6. The first-order valence-corrected chi connectivity index (χ1v) is 9.02. The van der Waals surface area contributed by atoms with Crippen molar-refractivity contribution in [3.05, 3.63) is 62.4 Å². The Morgan fingerprint density at radius 1 is 1.27 bits per heavy atom. The molecule has 1 aromatic carbocycles. The average molecular weight is 459 g/mol. The molecule has 0 aliphatic carbocycles. The molecule has 3 rings (SSSR count). The number of hydrogen-bond donors (Lipinski definition) is 1. The number of rotatable bonds is 6. The smallest absolute Gasteiger partial charge is 0.277 e. The van der Waals surface area contributed by atoms with Crippen molar-refractivity contribution in [1.82, 2.24) is 19.6 Å². The predicted molar refractivity (Wildman–Crippen MR) is 103 cm³/mol. The van der Waals surface area contributed by atoms with Crippen molar-refractivity contribution in [2.45, 2.75) is 13.3 Å². The first-order valence-electron chi connectivity index (χ1n) is 7.47. The summed E-state index contributed by atoms with van der Waals surface area (Å²) < 4.78 is 8.79. The Kier molecular flexibility index (Phi) is 5.98. The lowest BCUT2D eigenvalue weighted by atomic mass is 10.2. The van der Waals surface area contributed by atoms with Crippen LogP contribution in [0, 0.1) is 0 Å². The Morgan fingerprint density at radius 3 is 2.81 bits per heavy atom. The van der Waals surface area contributed by atoms with Gasteiger partial charge >= 0.3 is 0 Å². The molecule has 0 bridgehead atoms. The summed E-state index contributed by atoms with van der Waals surface area (Å²) in [5.41, 5.74) is 1.13. The molecule has 0 atom stereocenters. The molecular weight excluding hydrogens is 445 g/mol. The molecular formula is C16H14BrCl2N5O2. The van der Waals surface area contributed by atoms with E-state index in [9.17, 15) is 4.79 Å². The van der Waals surface area contributed by atoms with Crippen LogP contribution in [0.5, 0.6) is 0 Å². The SMILES string of the molecule is COCn1ccc(C(=O)Nc2nn(Cc3ccc(Cl)cc3Cl)cc2Br)n1. The Morgan fingerprint density at radius 2 is 2.08 bits per heavy atom. The molecule has 0 saturated carbocycles. The maximum absolute atomic E-state index is 12.3. The maximum Gasteiger partial charge on any atom is 0.277 e. The van der Waals surface area contributed by atoms with Crippen LogP contribution >= 0.6 is 39.1 Å². The number of hydrogen-bond acceptors (Lipinski definition) is 4. The summed E-state index contributed by atoms with van der Waals surface area (Å²) >= 11 is 15.5. The molecule has 2 heterocycles. The van der Waals surface area contributed by atoms with E-state index in [4.69, 9.17) is 27.9 Å². The maximum atomic E-state index is 12.3. The molecule has 1 N–H and O–H groups in total. The fourth-order valence-corrected chi connectivity index (χ4v) is 3.13. The third-order valence-corrected chi connectivity index (χ3v) is 4.60. The summed E-state index contributed by atoms with van der Waals surface area (Å²) in [5, 5.41) is 12.3. The largest absolute Gasteiger partial charge is 0.362 e. The van der Waals surface area contributed by atoms with Gasteiger partial charge in [-0.3, -0.25) is 9.48 Å². The van der Waals surface area contributed by atoms with Crippen LogP contribution in [0.4, 0.5) is 5.82 Å². The highest BCUT2D eigenvalue weighted by atomic mass is 79.9. The lowest BCUT2D eigenvalue weighted by Crippen LogP contribution is -2.14. The Balaban J connectivity index is 1.72. The van der Waals surface area contributed by atoms with E-state index in [1.54, 1.807) is 42.4 Å². The Bertz CT molecular complexity index is 941. The molecule has 0 unspecified atom stereocenters. The second-order valence-corrected chi connectivity index (χ2v) is 7.07. The molecule has 0 saturated heterocycles. The zero-order chi connectivity index (χ0) is 18.7. The number of aromatic nitrogens is 4. The van der Waals surface area contributed by atoms with E-state index in [1.807, 2.05) is 6.07 Å². The quantitative estimate of drug-likeness (QED) is 0.604. The monoisotopic (exact) mass is 457 g/mol. The predicted octanol–water partition coefficient (Wildman–Crippen LogP) is 4.05.